The summed E-state index contributed by atoms with van der Waals surface area (Å²) in [7, 11) is 0. The van der Waals surface area contributed by atoms with Crippen molar-refractivity contribution in [1.82, 2.24) is 4.57 Å². The molecule has 0 N–H and O–H groups in total. The van der Waals surface area contributed by atoms with Crippen LogP contribution in [-0.4, -0.2) is 17.8 Å². The summed E-state index contributed by atoms with van der Waals surface area (Å²) >= 11 is 0. The minimum atomic E-state index is -0.234. The van der Waals surface area contributed by atoms with Gasteiger partial charge in [-0.25, -0.2) is 0 Å². The Kier molecular flexibility index (Phi) is 4.74. The molecule has 16 heavy (non-hydrogen) atoms. The van der Waals surface area contributed by atoms with Crippen LogP contribution in [0.15, 0.2) is 16.9 Å². The van der Waals surface area contributed by atoms with Crippen LogP contribution < -0.4 is 5.56 Å². The van der Waals surface area contributed by atoms with Crippen molar-refractivity contribution in [2.75, 3.05) is 13.2 Å². The molecule has 0 aliphatic rings. The number of hydrogen-bond donors (Lipinski definition) is 0. The largest absolute Gasteiger partial charge is 0.380 e. The molecule has 0 fully saturated rings. The van der Waals surface area contributed by atoms with Crippen LogP contribution in [0.3, 0.4) is 0 Å². The van der Waals surface area contributed by atoms with Crippen molar-refractivity contribution >= 4 is 0 Å². The van der Waals surface area contributed by atoms with Crippen molar-refractivity contribution < 1.29 is 4.74 Å². The van der Waals surface area contributed by atoms with Gasteiger partial charge in [-0.3, -0.25) is 4.79 Å². The average molecular weight is 220 g/mol. The Bertz CT molecular complexity index is 443. The number of aryl methyl sites for hydroxylation is 1. The minimum absolute atomic E-state index is 0.182. The van der Waals surface area contributed by atoms with Gasteiger partial charge in [0.2, 0.25) is 0 Å². The van der Waals surface area contributed by atoms with Crippen LogP contribution in [0, 0.1) is 18.3 Å². The van der Waals surface area contributed by atoms with Gasteiger partial charge < -0.3 is 9.30 Å². The highest BCUT2D eigenvalue weighted by Crippen LogP contribution is 1.97. The van der Waals surface area contributed by atoms with E-state index in [2.05, 4.69) is 0 Å². The Labute approximate surface area is 95.1 Å². The highest BCUT2D eigenvalue weighted by atomic mass is 16.5. The molecule has 0 amide bonds. The highest BCUT2D eigenvalue weighted by Gasteiger charge is 2.04. The fourth-order valence-electron chi connectivity index (χ4n) is 1.44. The van der Waals surface area contributed by atoms with E-state index in [0.717, 1.165) is 12.1 Å². The number of hydrogen-bond acceptors (Lipinski definition) is 3. The van der Waals surface area contributed by atoms with Crippen LogP contribution in [0.2, 0.25) is 0 Å². The number of aromatic nitrogens is 1. The van der Waals surface area contributed by atoms with Gasteiger partial charge in [0.15, 0.2) is 0 Å². The summed E-state index contributed by atoms with van der Waals surface area (Å²) in [5.41, 5.74) is 0.799. The third-order valence-corrected chi connectivity index (χ3v) is 2.32. The molecule has 0 unspecified atom stereocenters. The van der Waals surface area contributed by atoms with Gasteiger partial charge >= 0.3 is 0 Å². The third-order valence-electron chi connectivity index (χ3n) is 2.32. The molecule has 86 valence electrons. The zero-order chi connectivity index (χ0) is 12.0. The number of ether oxygens (including phenoxy) is 1. The lowest BCUT2D eigenvalue weighted by molar-refractivity contribution is 0.125. The Morgan fingerprint density at radius 1 is 1.44 bits per heavy atom. The number of nitriles is 1. The molecule has 0 aromatic carbocycles. The number of rotatable bonds is 5. The molecule has 4 nitrogen and oxygen atoms in total. The molecule has 4 heteroatoms. The van der Waals surface area contributed by atoms with E-state index in [1.54, 1.807) is 16.7 Å². The molecular weight excluding hydrogens is 204 g/mol. The molecule has 0 aliphatic heterocycles. The maximum atomic E-state index is 11.8. The van der Waals surface area contributed by atoms with E-state index in [1.165, 1.54) is 0 Å². The third kappa shape index (κ3) is 2.94. The quantitative estimate of drug-likeness (QED) is 0.706. The molecule has 1 aromatic rings. The molecule has 1 heterocycles. The van der Waals surface area contributed by atoms with Crippen molar-refractivity contribution in [1.29, 1.82) is 5.26 Å². The topological polar surface area (TPSA) is 55.0 Å². The summed E-state index contributed by atoms with van der Waals surface area (Å²) in [4.78, 5) is 11.8. The summed E-state index contributed by atoms with van der Waals surface area (Å²) < 4.78 is 6.91. The molecule has 0 saturated heterocycles. The second-order valence-corrected chi connectivity index (χ2v) is 3.57. The smallest absolute Gasteiger partial charge is 0.268 e. The van der Waals surface area contributed by atoms with Crippen molar-refractivity contribution in [3.05, 3.63) is 33.7 Å². The zero-order valence-electron chi connectivity index (χ0n) is 9.69. The van der Waals surface area contributed by atoms with Crippen molar-refractivity contribution in [2.24, 2.45) is 0 Å². The highest BCUT2D eigenvalue weighted by molar-refractivity contribution is 5.27. The average Bonchev–Trinajstić information content (AvgIpc) is 2.28. The lowest BCUT2D eigenvalue weighted by Gasteiger charge is -2.10. The first kappa shape index (κ1) is 12.5. The Hall–Kier alpha value is -1.60. The standard InChI is InChI=1S/C12H16N2O2/c1-3-7-16-8-6-14-10(2)4-5-11(9-13)12(14)15/h4-5H,3,6-8H2,1-2H3. The van der Waals surface area contributed by atoms with Gasteiger partial charge in [-0.2, -0.15) is 5.26 Å². The maximum absolute atomic E-state index is 11.8. The molecule has 1 aromatic heterocycles. The molecule has 0 atom stereocenters. The molecular formula is C12H16N2O2. The second kappa shape index (κ2) is 6.09. The van der Waals surface area contributed by atoms with Gasteiger partial charge in [-0.15, -0.1) is 0 Å². The lowest BCUT2D eigenvalue weighted by Crippen LogP contribution is -2.26. The normalized spacial score (nSPS) is 10.1. The first-order valence-corrected chi connectivity index (χ1v) is 5.39. The lowest BCUT2D eigenvalue weighted by atomic mass is 10.2. The Morgan fingerprint density at radius 3 is 2.81 bits per heavy atom. The fraction of sp³-hybridized carbons (Fsp3) is 0.500. The monoisotopic (exact) mass is 220 g/mol. The molecule has 0 bridgehead atoms. The molecule has 0 saturated carbocycles. The van der Waals surface area contributed by atoms with Crippen LogP contribution >= 0.6 is 0 Å². The van der Waals surface area contributed by atoms with E-state index in [0.29, 0.717) is 19.8 Å². The van der Waals surface area contributed by atoms with Gasteiger partial charge in [0.1, 0.15) is 11.6 Å². The molecule has 1 rings (SSSR count). The predicted molar refractivity (Wildman–Crippen MR) is 61.3 cm³/mol. The van der Waals surface area contributed by atoms with Crippen molar-refractivity contribution in [3.8, 4) is 6.07 Å². The summed E-state index contributed by atoms with van der Waals surface area (Å²) in [5, 5.41) is 8.75. The SMILES string of the molecule is CCCOCCn1c(C)ccc(C#N)c1=O. The summed E-state index contributed by atoms with van der Waals surface area (Å²) in [6, 6.07) is 5.22. The van der Waals surface area contributed by atoms with E-state index < -0.39 is 0 Å². The zero-order valence-corrected chi connectivity index (χ0v) is 9.69. The second-order valence-electron chi connectivity index (χ2n) is 3.57. The summed E-state index contributed by atoms with van der Waals surface area (Å²) in [5.74, 6) is 0. The maximum Gasteiger partial charge on any atom is 0.268 e. The van der Waals surface area contributed by atoms with Crippen LogP contribution in [0.5, 0.6) is 0 Å². The summed E-state index contributed by atoms with van der Waals surface area (Å²) in [6.45, 7) is 5.59. The van der Waals surface area contributed by atoms with Gasteiger partial charge in [0.25, 0.3) is 5.56 Å². The van der Waals surface area contributed by atoms with Crippen molar-refractivity contribution in [2.45, 2.75) is 26.8 Å². The molecule has 0 spiro atoms. The van der Waals surface area contributed by atoms with Crippen LogP contribution in [-0.2, 0) is 11.3 Å². The Balaban J connectivity index is 2.79. The number of pyridine rings is 1. The van der Waals surface area contributed by atoms with Crippen LogP contribution in [0.25, 0.3) is 0 Å². The van der Waals surface area contributed by atoms with Crippen molar-refractivity contribution in [3.63, 3.8) is 0 Å². The molecule has 0 aliphatic carbocycles. The van der Waals surface area contributed by atoms with E-state index in [9.17, 15) is 4.79 Å². The predicted octanol–water partition coefficient (Wildman–Crippen LogP) is 1.45. The first-order chi connectivity index (χ1) is 7.70. The van der Waals surface area contributed by atoms with Gasteiger partial charge in [-0.05, 0) is 25.5 Å². The first-order valence-electron chi connectivity index (χ1n) is 5.39. The van der Waals surface area contributed by atoms with E-state index >= 15 is 0 Å². The van der Waals surface area contributed by atoms with E-state index in [4.69, 9.17) is 10.00 Å². The fourth-order valence-corrected chi connectivity index (χ4v) is 1.44. The van der Waals surface area contributed by atoms with Crippen LogP contribution in [0.1, 0.15) is 24.6 Å². The van der Waals surface area contributed by atoms with Gasteiger partial charge in [0.05, 0.1) is 6.61 Å². The van der Waals surface area contributed by atoms with E-state index in [1.807, 2.05) is 19.9 Å². The van der Waals surface area contributed by atoms with E-state index in [-0.39, 0.29) is 11.1 Å². The Morgan fingerprint density at radius 2 is 2.19 bits per heavy atom. The minimum Gasteiger partial charge on any atom is -0.380 e. The molecule has 0 radical (unpaired) electrons. The van der Waals surface area contributed by atoms with Gasteiger partial charge in [0, 0.05) is 18.8 Å². The van der Waals surface area contributed by atoms with Crippen LogP contribution in [0.4, 0.5) is 0 Å². The summed E-state index contributed by atoms with van der Waals surface area (Å²) in [6.07, 6.45) is 0.964. The van der Waals surface area contributed by atoms with Gasteiger partial charge in [-0.1, -0.05) is 6.92 Å². The number of nitrogens with zero attached hydrogens (tertiary/aromatic N) is 2.